The Balaban J connectivity index is 1.59. The fourth-order valence-electron chi connectivity index (χ4n) is 2.77. The van der Waals surface area contributed by atoms with Crippen molar-refractivity contribution >= 4 is 11.8 Å². The number of hydrogen-bond acceptors (Lipinski definition) is 4. The van der Waals surface area contributed by atoms with Crippen LogP contribution >= 0.6 is 0 Å². The average Bonchev–Trinajstić information content (AvgIpc) is 2.68. The number of nitrogens with zero attached hydrogens (tertiary/aromatic N) is 2. The van der Waals surface area contributed by atoms with E-state index in [1.807, 2.05) is 18.2 Å². The molecule has 0 bridgehead atoms. The van der Waals surface area contributed by atoms with E-state index in [2.05, 4.69) is 76.1 Å². The van der Waals surface area contributed by atoms with Gasteiger partial charge in [0.2, 0.25) is 5.95 Å². The van der Waals surface area contributed by atoms with Crippen LogP contribution < -0.4 is 10.6 Å². The molecule has 25 heavy (non-hydrogen) atoms. The Kier molecular flexibility index (Phi) is 5.99. The maximum Gasteiger partial charge on any atom is 0.224 e. The molecule has 128 valence electrons. The fraction of sp³-hybridized carbons (Fsp3) is 0.238. The second kappa shape index (κ2) is 8.83. The van der Waals surface area contributed by atoms with Gasteiger partial charge in [0.1, 0.15) is 5.82 Å². The first-order valence-electron chi connectivity index (χ1n) is 8.77. The van der Waals surface area contributed by atoms with Gasteiger partial charge in [-0.25, -0.2) is 4.98 Å². The predicted molar refractivity (Wildman–Crippen MR) is 104 cm³/mol. The predicted octanol–water partition coefficient (Wildman–Crippen LogP) is 4.69. The molecule has 2 N–H and O–H groups in total. The number of rotatable bonds is 8. The van der Waals surface area contributed by atoms with Gasteiger partial charge < -0.3 is 10.6 Å². The Morgan fingerprint density at radius 3 is 2.36 bits per heavy atom. The van der Waals surface area contributed by atoms with E-state index in [9.17, 15) is 0 Å². The number of hydrogen-bond donors (Lipinski definition) is 2. The highest BCUT2D eigenvalue weighted by molar-refractivity contribution is 5.42. The molecule has 3 aromatic rings. The molecule has 4 heteroatoms. The third-order valence-electron chi connectivity index (χ3n) is 4.13. The van der Waals surface area contributed by atoms with Crippen molar-refractivity contribution < 1.29 is 0 Å². The molecule has 1 atom stereocenters. The Labute approximate surface area is 149 Å². The summed E-state index contributed by atoms with van der Waals surface area (Å²) in [6, 6.07) is 23.0. The van der Waals surface area contributed by atoms with E-state index < -0.39 is 0 Å². The van der Waals surface area contributed by atoms with Gasteiger partial charge in [0, 0.05) is 12.7 Å². The number of aromatic nitrogens is 2. The molecule has 0 unspecified atom stereocenters. The molecular weight excluding hydrogens is 308 g/mol. The van der Waals surface area contributed by atoms with Crippen LogP contribution in [0.3, 0.4) is 0 Å². The number of anilines is 2. The quantitative estimate of drug-likeness (QED) is 0.628. The molecule has 0 spiro atoms. The third kappa shape index (κ3) is 5.05. The molecule has 4 nitrogen and oxygen atoms in total. The second-order valence-corrected chi connectivity index (χ2v) is 5.94. The lowest BCUT2D eigenvalue weighted by molar-refractivity contribution is 0.744. The van der Waals surface area contributed by atoms with Crippen molar-refractivity contribution in [3.63, 3.8) is 0 Å². The summed E-state index contributed by atoms with van der Waals surface area (Å²) < 4.78 is 0. The minimum atomic E-state index is 0.244. The van der Waals surface area contributed by atoms with Gasteiger partial charge in [-0.05, 0) is 30.0 Å². The molecule has 2 aromatic carbocycles. The molecule has 1 aromatic heterocycles. The molecule has 0 radical (unpaired) electrons. The van der Waals surface area contributed by atoms with Gasteiger partial charge in [-0.3, -0.25) is 0 Å². The van der Waals surface area contributed by atoms with E-state index in [-0.39, 0.29) is 6.04 Å². The van der Waals surface area contributed by atoms with Crippen molar-refractivity contribution in [2.24, 2.45) is 0 Å². The minimum absolute atomic E-state index is 0.244. The molecular formula is C21H24N4. The number of nitrogens with one attached hydrogen (secondary N) is 2. The zero-order valence-electron chi connectivity index (χ0n) is 14.5. The first kappa shape index (κ1) is 17.0. The molecule has 0 amide bonds. The van der Waals surface area contributed by atoms with Gasteiger partial charge in [-0.2, -0.15) is 4.98 Å². The monoisotopic (exact) mass is 332 g/mol. The molecule has 0 saturated heterocycles. The van der Waals surface area contributed by atoms with Crippen LogP contribution in [0.15, 0.2) is 72.9 Å². The highest BCUT2D eigenvalue weighted by Crippen LogP contribution is 2.21. The van der Waals surface area contributed by atoms with Crippen LogP contribution in [0.1, 0.15) is 30.5 Å². The number of benzene rings is 2. The van der Waals surface area contributed by atoms with Crippen LogP contribution in [0.5, 0.6) is 0 Å². The third-order valence-corrected chi connectivity index (χ3v) is 4.13. The zero-order chi connectivity index (χ0) is 17.3. The van der Waals surface area contributed by atoms with Crippen molar-refractivity contribution in [1.29, 1.82) is 0 Å². The van der Waals surface area contributed by atoms with Crippen LogP contribution in [0.25, 0.3) is 0 Å². The largest absolute Gasteiger partial charge is 0.363 e. The van der Waals surface area contributed by atoms with Crippen LogP contribution in [-0.2, 0) is 6.42 Å². The van der Waals surface area contributed by atoms with Crippen molar-refractivity contribution in [1.82, 2.24) is 9.97 Å². The molecule has 1 heterocycles. The summed E-state index contributed by atoms with van der Waals surface area (Å²) in [4.78, 5) is 8.90. The summed E-state index contributed by atoms with van der Waals surface area (Å²) >= 11 is 0. The van der Waals surface area contributed by atoms with Crippen molar-refractivity contribution in [2.45, 2.75) is 25.8 Å². The van der Waals surface area contributed by atoms with Crippen molar-refractivity contribution in [2.75, 3.05) is 17.2 Å². The Bertz CT molecular complexity index is 759. The Morgan fingerprint density at radius 2 is 1.64 bits per heavy atom. The van der Waals surface area contributed by atoms with E-state index in [1.165, 1.54) is 11.1 Å². The topological polar surface area (TPSA) is 49.8 Å². The smallest absolute Gasteiger partial charge is 0.224 e. The molecule has 0 aliphatic carbocycles. The van der Waals surface area contributed by atoms with Crippen molar-refractivity contribution in [3.05, 3.63) is 84.1 Å². The van der Waals surface area contributed by atoms with Gasteiger partial charge in [-0.1, -0.05) is 67.6 Å². The lowest BCUT2D eigenvalue weighted by atomic mass is 10.0. The summed E-state index contributed by atoms with van der Waals surface area (Å²) in [6.45, 7) is 2.98. The normalized spacial score (nSPS) is 11.7. The molecule has 0 aliphatic heterocycles. The first-order chi connectivity index (χ1) is 12.3. The van der Waals surface area contributed by atoms with E-state index >= 15 is 0 Å². The molecule has 0 saturated carbocycles. The lowest BCUT2D eigenvalue weighted by Crippen LogP contribution is -2.13. The van der Waals surface area contributed by atoms with Gasteiger partial charge in [0.05, 0.1) is 6.04 Å². The maximum absolute atomic E-state index is 4.58. The standard InChI is InChI=1S/C21H24N4/c1-2-19(18-11-7-4-8-12-18)24-20-14-16-23-21(25-20)22-15-13-17-9-5-3-6-10-17/h3-12,14,16,19H,2,13,15H2,1H3,(H2,22,23,24,25)/t19-/m1/s1. The molecule has 3 rings (SSSR count). The van der Waals surface area contributed by atoms with E-state index in [0.717, 1.165) is 25.2 Å². The summed E-state index contributed by atoms with van der Waals surface area (Å²) in [5.41, 5.74) is 2.57. The Morgan fingerprint density at radius 1 is 0.920 bits per heavy atom. The Hall–Kier alpha value is -2.88. The van der Waals surface area contributed by atoms with Crippen LogP contribution in [0.2, 0.25) is 0 Å². The van der Waals surface area contributed by atoms with E-state index in [4.69, 9.17) is 0 Å². The minimum Gasteiger partial charge on any atom is -0.363 e. The van der Waals surface area contributed by atoms with Crippen LogP contribution in [-0.4, -0.2) is 16.5 Å². The zero-order valence-corrected chi connectivity index (χ0v) is 14.5. The molecule has 0 aliphatic rings. The summed E-state index contributed by atoms with van der Waals surface area (Å²) in [7, 11) is 0. The first-order valence-corrected chi connectivity index (χ1v) is 8.77. The highest BCUT2D eigenvalue weighted by Gasteiger charge is 2.09. The average molecular weight is 332 g/mol. The summed E-state index contributed by atoms with van der Waals surface area (Å²) in [5.74, 6) is 1.50. The lowest BCUT2D eigenvalue weighted by Gasteiger charge is -2.18. The fourth-order valence-corrected chi connectivity index (χ4v) is 2.77. The molecule has 0 fully saturated rings. The van der Waals surface area contributed by atoms with E-state index in [0.29, 0.717) is 5.95 Å². The van der Waals surface area contributed by atoms with Gasteiger partial charge in [0.25, 0.3) is 0 Å². The highest BCUT2D eigenvalue weighted by atomic mass is 15.1. The van der Waals surface area contributed by atoms with E-state index in [1.54, 1.807) is 6.20 Å². The van der Waals surface area contributed by atoms with Crippen LogP contribution in [0.4, 0.5) is 11.8 Å². The second-order valence-electron chi connectivity index (χ2n) is 5.94. The SMILES string of the molecule is CC[C@@H](Nc1ccnc(NCCc2ccccc2)n1)c1ccccc1. The van der Waals surface area contributed by atoms with Crippen molar-refractivity contribution in [3.8, 4) is 0 Å². The van der Waals surface area contributed by atoms with Gasteiger partial charge in [0.15, 0.2) is 0 Å². The summed E-state index contributed by atoms with van der Waals surface area (Å²) in [5, 5.41) is 6.80. The van der Waals surface area contributed by atoms with Gasteiger partial charge >= 0.3 is 0 Å². The maximum atomic E-state index is 4.58. The van der Waals surface area contributed by atoms with Crippen LogP contribution in [0, 0.1) is 0 Å². The summed E-state index contributed by atoms with van der Waals surface area (Å²) in [6.07, 6.45) is 3.73. The van der Waals surface area contributed by atoms with Gasteiger partial charge in [-0.15, -0.1) is 0 Å².